The number of benzene rings is 1. The maximum Gasteiger partial charge on any atom is 0.315 e. The monoisotopic (exact) mass is 348 g/mol. The fourth-order valence-corrected chi connectivity index (χ4v) is 2.58. The standard InChI is InChI=1S/C24H28O2/c1-5-9-13-19(7-3)17-18-21-15-11-12-16-22(21)23(24(25)26)20(8-4)14-10-6-2/h5,7-18,23H,3,6H2,1-2,4H3,(H,25,26)/b9-5-,14-10-,18-17+,19-13+,20-8+. The summed E-state index contributed by atoms with van der Waals surface area (Å²) in [6, 6.07) is 7.62. The number of aliphatic carboxylic acids is 1. The number of rotatable bonds is 9. The van der Waals surface area contributed by atoms with E-state index in [1.54, 1.807) is 6.08 Å². The molecule has 0 aromatic heterocycles. The van der Waals surface area contributed by atoms with Gasteiger partial charge in [-0.15, -0.1) is 0 Å². The Hall–Kier alpha value is -2.87. The van der Waals surface area contributed by atoms with Gasteiger partial charge < -0.3 is 5.11 Å². The van der Waals surface area contributed by atoms with Gasteiger partial charge in [0.25, 0.3) is 0 Å². The number of hydrogen-bond acceptors (Lipinski definition) is 1. The quantitative estimate of drug-likeness (QED) is 0.519. The van der Waals surface area contributed by atoms with Crippen molar-refractivity contribution in [3.8, 4) is 0 Å². The molecule has 0 spiro atoms. The molecule has 1 aromatic rings. The van der Waals surface area contributed by atoms with Gasteiger partial charge in [0.05, 0.1) is 0 Å². The molecule has 0 amide bonds. The molecule has 0 saturated carbocycles. The van der Waals surface area contributed by atoms with Crippen LogP contribution in [0.5, 0.6) is 0 Å². The van der Waals surface area contributed by atoms with Gasteiger partial charge in [-0.05, 0) is 42.5 Å². The minimum absolute atomic E-state index is 0.699. The molecule has 1 unspecified atom stereocenters. The Labute approximate surface area is 157 Å². The van der Waals surface area contributed by atoms with Gasteiger partial charge in [-0.2, -0.15) is 0 Å². The van der Waals surface area contributed by atoms with E-state index in [-0.39, 0.29) is 0 Å². The van der Waals surface area contributed by atoms with E-state index in [1.165, 1.54) is 0 Å². The van der Waals surface area contributed by atoms with Gasteiger partial charge in [0.1, 0.15) is 5.92 Å². The predicted molar refractivity (Wildman–Crippen MR) is 112 cm³/mol. The maximum absolute atomic E-state index is 12.0. The topological polar surface area (TPSA) is 37.3 Å². The normalized spacial score (nSPS) is 14.4. The first-order chi connectivity index (χ1) is 12.6. The van der Waals surface area contributed by atoms with Crippen LogP contribution < -0.4 is 0 Å². The molecule has 0 saturated heterocycles. The van der Waals surface area contributed by atoms with Crippen LogP contribution in [0.1, 0.15) is 44.2 Å². The van der Waals surface area contributed by atoms with Gasteiger partial charge in [-0.3, -0.25) is 4.79 Å². The van der Waals surface area contributed by atoms with Crippen molar-refractivity contribution in [2.75, 3.05) is 0 Å². The Morgan fingerprint density at radius 1 is 1.23 bits per heavy atom. The molecule has 1 aromatic carbocycles. The summed E-state index contributed by atoms with van der Waals surface area (Å²) in [5.41, 5.74) is 3.41. The smallest absolute Gasteiger partial charge is 0.315 e. The van der Waals surface area contributed by atoms with Crippen molar-refractivity contribution in [1.29, 1.82) is 0 Å². The Bertz CT molecular complexity index is 758. The van der Waals surface area contributed by atoms with Crippen molar-refractivity contribution >= 4 is 12.0 Å². The Morgan fingerprint density at radius 3 is 2.54 bits per heavy atom. The molecule has 1 N–H and O–H groups in total. The minimum atomic E-state index is -0.854. The van der Waals surface area contributed by atoms with Gasteiger partial charge in [0.2, 0.25) is 0 Å². The molecule has 0 radical (unpaired) electrons. The molecule has 0 aliphatic carbocycles. The molecule has 26 heavy (non-hydrogen) atoms. The second kappa shape index (κ2) is 11.6. The summed E-state index contributed by atoms with van der Waals surface area (Å²) in [4.78, 5) is 12.0. The van der Waals surface area contributed by atoms with E-state index in [0.29, 0.717) is 0 Å². The van der Waals surface area contributed by atoms with Crippen molar-refractivity contribution in [1.82, 2.24) is 0 Å². The highest BCUT2D eigenvalue weighted by molar-refractivity contribution is 5.83. The van der Waals surface area contributed by atoms with Crippen LogP contribution in [-0.2, 0) is 4.79 Å². The largest absolute Gasteiger partial charge is 0.481 e. The molecule has 136 valence electrons. The van der Waals surface area contributed by atoms with Gasteiger partial charge in [0, 0.05) is 0 Å². The van der Waals surface area contributed by atoms with Gasteiger partial charge in [0.15, 0.2) is 0 Å². The first-order valence-electron chi connectivity index (χ1n) is 8.86. The van der Waals surface area contributed by atoms with E-state index >= 15 is 0 Å². The second-order valence-corrected chi connectivity index (χ2v) is 5.73. The lowest BCUT2D eigenvalue weighted by Gasteiger charge is -2.17. The van der Waals surface area contributed by atoms with Crippen LogP contribution in [-0.4, -0.2) is 11.1 Å². The van der Waals surface area contributed by atoms with Crippen molar-refractivity contribution in [2.24, 2.45) is 0 Å². The van der Waals surface area contributed by atoms with Crippen molar-refractivity contribution in [2.45, 2.75) is 33.1 Å². The SMILES string of the molecule is C=CC(/C=C/c1ccccc1C(C(=O)O)C(/C=C\CC)=C/C)=C\C=C/C. The molecule has 2 nitrogen and oxygen atoms in total. The molecular weight excluding hydrogens is 320 g/mol. The highest BCUT2D eigenvalue weighted by atomic mass is 16.4. The lowest BCUT2D eigenvalue weighted by atomic mass is 9.87. The molecular formula is C24H28O2. The summed E-state index contributed by atoms with van der Waals surface area (Å²) in [5.74, 6) is -1.55. The first kappa shape index (κ1) is 21.2. The van der Waals surface area contributed by atoms with Crippen LogP contribution in [0.4, 0.5) is 0 Å². The molecule has 1 rings (SSSR count). The predicted octanol–water partition coefficient (Wildman–Crippen LogP) is 6.47. The Morgan fingerprint density at radius 2 is 1.96 bits per heavy atom. The summed E-state index contributed by atoms with van der Waals surface area (Å²) in [5, 5.41) is 9.86. The van der Waals surface area contributed by atoms with Crippen molar-refractivity contribution in [3.05, 3.63) is 102 Å². The Kier molecular flexibility index (Phi) is 9.48. The zero-order valence-electron chi connectivity index (χ0n) is 15.9. The van der Waals surface area contributed by atoms with E-state index in [1.807, 2.05) is 93.6 Å². The van der Waals surface area contributed by atoms with E-state index in [2.05, 4.69) is 6.58 Å². The fraction of sp³-hybridized carbons (Fsp3) is 0.208. The number of carbonyl (C=O) groups is 1. The number of carboxylic acid groups (broad SMARTS) is 1. The molecule has 1 atom stereocenters. The van der Waals surface area contributed by atoms with Crippen LogP contribution in [0.15, 0.2) is 90.6 Å². The third-order valence-electron chi connectivity index (χ3n) is 3.94. The number of carboxylic acids is 1. The molecule has 0 fully saturated rings. The van der Waals surface area contributed by atoms with Gasteiger partial charge in [-0.25, -0.2) is 0 Å². The molecule has 0 aliphatic heterocycles. The van der Waals surface area contributed by atoms with E-state index in [4.69, 9.17) is 0 Å². The van der Waals surface area contributed by atoms with E-state index < -0.39 is 11.9 Å². The first-order valence-corrected chi connectivity index (χ1v) is 8.86. The third kappa shape index (κ3) is 6.21. The highest BCUT2D eigenvalue weighted by Gasteiger charge is 2.24. The van der Waals surface area contributed by atoms with Crippen LogP contribution in [0.3, 0.4) is 0 Å². The maximum atomic E-state index is 12.0. The zero-order valence-corrected chi connectivity index (χ0v) is 15.9. The van der Waals surface area contributed by atoms with Gasteiger partial charge >= 0.3 is 5.97 Å². The summed E-state index contributed by atoms with van der Waals surface area (Å²) < 4.78 is 0. The minimum Gasteiger partial charge on any atom is -0.481 e. The van der Waals surface area contributed by atoms with Crippen LogP contribution in [0.25, 0.3) is 6.08 Å². The van der Waals surface area contributed by atoms with Crippen molar-refractivity contribution in [3.63, 3.8) is 0 Å². The second-order valence-electron chi connectivity index (χ2n) is 5.73. The van der Waals surface area contributed by atoms with E-state index in [9.17, 15) is 9.90 Å². The van der Waals surface area contributed by atoms with Gasteiger partial charge in [-0.1, -0.05) is 92.5 Å². The zero-order chi connectivity index (χ0) is 19.4. The van der Waals surface area contributed by atoms with Crippen LogP contribution >= 0.6 is 0 Å². The van der Waals surface area contributed by atoms with Crippen LogP contribution in [0, 0.1) is 0 Å². The molecule has 0 heterocycles. The summed E-state index contributed by atoms with van der Waals surface area (Å²) in [7, 11) is 0. The molecule has 0 aliphatic rings. The summed E-state index contributed by atoms with van der Waals surface area (Å²) >= 11 is 0. The highest BCUT2D eigenvalue weighted by Crippen LogP contribution is 2.30. The average molecular weight is 348 g/mol. The lowest BCUT2D eigenvalue weighted by molar-refractivity contribution is -0.137. The number of hydrogen-bond donors (Lipinski definition) is 1. The number of allylic oxidation sites excluding steroid dienone is 9. The van der Waals surface area contributed by atoms with Crippen LogP contribution in [0.2, 0.25) is 0 Å². The molecule has 2 heteroatoms. The Balaban J connectivity index is 3.37. The summed E-state index contributed by atoms with van der Waals surface area (Å²) in [6.07, 6.45) is 18.1. The average Bonchev–Trinajstić information content (AvgIpc) is 2.65. The third-order valence-corrected chi connectivity index (χ3v) is 3.94. The molecule has 0 bridgehead atoms. The van der Waals surface area contributed by atoms with Crippen molar-refractivity contribution < 1.29 is 9.90 Å². The van der Waals surface area contributed by atoms with E-state index in [0.717, 1.165) is 28.7 Å². The summed E-state index contributed by atoms with van der Waals surface area (Å²) in [6.45, 7) is 9.68. The fourth-order valence-electron chi connectivity index (χ4n) is 2.58. The lowest BCUT2D eigenvalue weighted by Crippen LogP contribution is -2.14.